The van der Waals surface area contributed by atoms with Crippen molar-refractivity contribution >= 4 is 17.5 Å². The molecule has 0 spiro atoms. The lowest BCUT2D eigenvalue weighted by Gasteiger charge is -2.22. The normalized spacial score (nSPS) is 13.7. The summed E-state index contributed by atoms with van der Waals surface area (Å²) in [5, 5.41) is 11.6. The summed E-state index contributed by atoms with van der Waals surface area (Å²) < 4.78 is 58.2. The molecule has 0 aliphatic rings. The fraction of sp³-hybridized carbons (Fsp3) is 0.278. The maximum absolute atomic E-state index is 14.1. The molecule has 0 bridgehead atoms. The van der Waals surface area contributed by atoms with Gasteiger partial charge in [-0.3, -0.25) is 4.79 Å². The van der Waals surface area contributed by atoms with Gasteiger partial charge in [0.15, 0.2) is 6.10 Å². The zero-order valence-corrected chi connectivity index (χ0v) is 14.8. The van der Waals surface area contributed by atoms with Crippen LogP contribution in [-0.2, 0) is 11.0 Å². The van der Waals surface area contributed by atoms with Gasteiger partial charge in [0.2, 0.25) is 0 Å². The van der Waals surface area contributed by atoms with Crippen LogP contribution in [0.4, 0.5) is 17.6 Å². The number of hydrogen-bond donors (Lipinski definition) is 2. The fourth-order valence-corrected chi connectivity index (χ4v) is 2.53. The van der Waals surface area contributed by atoms with Crippen molar-refractivity contribution in [2.75, 3.05) is 6.61 Å². The molecule has 2 rings (SSSR count). The highest BCUT2D eigenvalue weighted by molar-refractivity contribution is 6.30. The number of aliphatic hydroxyl groups excluding tert-OH is 1. The molecule has 1 amide bonds. The van der Waals surface area contributed by atoms with Crippen LogP contribution in [0, 0.1) is 5.82 Å². The first-order chi connectivity index (χ1) is 12.6. The SMILES string of the molecule is C[C@@H](Oc1ccccc1C(F)(F)F)C(=O)N[C@H](CO)c1cccc(Cl)c1F. The van der Waals surface area contributed by atoms with Gasteiger partial charge in [-0.15, -0.1) is 0 Å². The van der Waals surface area contributed by atoms with Crippen LogP contribution in [0.25, 0.3) is 0 Å². The van der Waals surface area contributed by atoms with Crippen LogP contribution >= 0.6 is 11.6 Å². The van der Waals surface area contributed by atoms with Crippen molar-refractivity contribution in [3.05, 3.63) is 64.4 Å². The summed E-state index contributed by atoms with van der Waals surface area (Å²) in [4.78, 5) is 12.3. The van der Waals surface area contributed by atoms with E-state index in [1.165, 1.54) is 37.3 Å². The van der Waals surface area contributed by atoms with Gasteiger partial charge < -0.3 is 15.2 Å². The highest BCUT2D eigenvalue weighted by Crippen LogP contribution is 2.36. The van der Waals surface area contributed by atoms with Crippen molar-refractivity contribution in [1.29, 1.82) is 0 Å². The number of ether oxygens (including phenoxy) is 1. The molecule has 0 aliphatic heterocycles. The number of nitrogens with one attached hydrogen (secondary N) is 1. The van der Waals surface area contributed by atoms with Gasteiger partial charge in [0.25, 0.3) is 5.91 Å². The third kappa shape index (κ3) is 5.11. The van der Waals surface area contributed by atoms with Gasteiger partial charge in [-0.1, -0.05) is 35.9 Å². The van der Waals surface area contributed by atoms with E-state index in [9.17, 15) is 27.5 Å². The van der Waals surface area contributed by atoms with Crippen LogP contribution < -0.4 is 10.1 Å². The number of alkyl halides is 3. The number of para-hydroxylation sites is 1. The largest absolute Gasteiger partial charge is 0.480 e. The Bertz CT molecular complexity index is 813. The molecule has 0 saturated heterocycles. The van der Waals surface area contributed by atoms with Crippen molar-refractivity contribution < 1.29 is 32.2 Å². The first kappa shape index (κ1) is 21.0. The van der Waals surface area contributed by atoms with Crippen LogP contribution in [-0.4, -0.2) is 23.7 Å². The third-order valence-electron chi connectivity index (χ3n) is 3.72. The Kier molecular flexibility index (Phi) is 6.67. The summed E-state index contributed by atoms with van der Waals surface area (Å²) >= 11 is 5.68. The van der Waals surface area contributed by atoms with Crippen molar-refractivity contribution in [2.45, 2.75) is 25.2 Å². The van der Waals surface area contributed by atoms with E-state index < -0.39 is 48.0 Å². The monoisotopic (exact) mass is 405 g/mol. The molecule has 2 N–H and O–H groups in total. The van der Waals surface area contributed by atoms with E-state index >= 15 is 0 Å². The zero-order valence-electron chi connectivity index (χ0n) is 14.1. The Balaban J connectivity index is 2.15. The van der Waals surface area contributed by atoms with Crippen LogP contribution in [0.5, 0.6) is 5.75 Å². The number of halogens is 5. The Morgan fingerprint density at radius 3 is 2.52 bits per heavy atom. The van der Waals surface area contributed by atoms with Crippen LogP contribution in [0.3, 0.4) is 0 Å². The molecule has 0 saturated carbocycles. The predicted octanol–water partition coefficient (Wildman–Crippen LogP) is 4.12. The second-order valence-electron chi connectivity index (χ2n) is 5.64. The Morgan fingerprint density at radius 1 is 1.22 bits per heavy atom. The van der Waals surface area contributed by atoms with E-state index in [1.54, 1.807) is 0 Å². The maximum Gasteiger partial charge on any atom is 0.419 e. The lowest BCUT2D eigenvalue weighted by Crippen LogP contribution is -2.40. The zero-order chi connectivity index (χ0) is 20.2. The fourth-order valence-electron chi connectivity index (χ4n) is 2.35. The van der Waals surface area contributed by atoms with Crippen LogP contribution in [0.15, 0.2) is 42.5 Å². The minimum Gasteiger partial charge on any atom is -0.480 e. The molecule has 27 heavy (non-hydrogen) atoms. The summed E-state index contributed by atoms with van der Waals surface area (Å²) in [6.45, 7) is 0.597. The van der Waals surface area contributed by atoms with Crippen molar-refractivity contribution in [2.24, 2.45) is 0 Å². The quantitative estimate of drug-likeness (QED) is 0.711. The topological polar surface area (TPSA) is 58.6 Å². The highest BCUT2D eigenvalue weighted by Gasteiger charge is 2.35. The van der Waals surface area contributed by atoms with Crippen molar-refractivity contribution in [3.63, 3.8) is 0 Å². The Morgan fingerprint density at radius 2 is 1.89 bits per heavy atom. The number of carbonyl (C=O) groups excluding carboxylic acids is 1. The molecule has 0 radical (unpaired) electrons. The number of amides is 1. The van der Waals surface area contributed by atoms with Crippen LogP contribution in [0.1, 0.15) is 24.1 Å². The van der Waals surface area contributed by atoms with Crippen molar-refractivity contribution in [3.8, 4) is 5.75 Å². The van der Waals surface area contributed by atoms with E-state index in [4.69, 9.17) is 16.3 Å². The van der Waals surface area contributed by atoms with Gasteiger partial charge in [-0.25, -0.2) is 4.39 Å². The summed E-state index contributed by atoms with van der Waals surface area (Å²) in [6.07, 6.45) is -5.98. The Hall–Kier alpha value is -2.32. The molecule has 0 heterocycles. The number of rotatable bonds is 6. The minimum atomic E-state index is -4.65. The molecule has 2 aromatic carbocycles. The molecule has 2 atom stereocenters. The van der Waals surface area contributed by atoms with Gasteiger partial charge in [0.05, 0.1) is 23.2 Å². The molecule has 0 aromatic heterocycles. The summed E-state index contributed by atoms with van der Waals surface area (Å²) in [5.74, 6) is -2.15. The standard InChI is InChI=1S/C18H16ClF4NO3/c1-10(27-15-8-3-2-6-12(15)18(21,22)23)17(26)24-14(9-25)11-5-4-7-13(19)16(11)20/h2-8,10,14,25H,9H2,1H3,(H,24,26)/t10-,14-/m1/s1. The second-order valence-corrected chi connectivity index (χ2v) is 6.05. The molecule has 4 nitrogen and oxygen atoms in total. The molecule has 0 aliphatic carbocycles. The van der Waals surface area contributed by atoms with E-state index in [2.05, 4.69) is 5.32 Å². The van der Waals surface area contributed by atoms with E-state index in [0.29, 0.717) is 0 Å². The molecule has 146 valence electrons. The number of aliphatic hydroxyl groups is 1. The average Bonchev–Trinajstić information content (AvgIpc) is 2.61. The number of hydrogen-bond acceptors (Lipinski definition) is 3. The highest BCUT2D eigenvalue weighted by atomic mass is 35.5. The van der Waals surface area contributed by atoms with E-state index in [1.807, 2.05) is 0 Å². The average molecular weight is 406 g/mol. The maximum atomic E-state index is 14.1. The van der Waals surface area contributed by atoms with Gasteiger partial charge in [0, 0.05) is 5.56 Å². The van der Waals surface area contributed by atoms with Gasteiger partial charge >= 0.3 is 6.18 Å². The molecule has 2 aromatic rings. The summed E-state index contributed by atoms with van der Waals surface area (Å²) in [7, 11) is 0. The number of carbonyl (C=O) groups is 1. The first-order valence-corrected chi connectivity index (χ1v) is 8.21. The minimum absolute atomic E-state index is 0.0544. The van der Waals surface area contributed by atoms with E-state index in [0.717, 1.165) is 12.1 Å². The summed E-state index contributed by atoms with van der Waals surface area (Å²) in [6, 6.07) is 7.39. The molecule has 9 heteroatoms. The van der Waals surface area contributed by atoms with Crippen LogP contribution in [0.2, 0.25) is 5.02 Å². The number of benzene rings is 2. The molecular weight excluding hydrogens is 390 g/mol. The van der Waals surface area contributed by atoms with Gasteiger partial charge in [-0.05, 0) is 25.1 Å². The molecular formula is C18H16ClF4NO3. The van der Waals surface area contributed by atoms with Crippen molar-refractivity contribution in [1.82, 2.24) is 5.32 Å². The van der Waals surface area contributed by atoms with E-state index in [-0.39, 0.29) is 10.6 Å². The van der Waals surface area contributed by atoms with Gasteiger partial charge in [-0.2, -0.15) is 13.2 Å². The van der Waals surface area contributed by atoms with Gasteiger partial charge in [0.1, 0.15) is 11.6 Å². The Labute approximate surface area is 157 Å². The first-order valence-electron chi connectivity index (χ1n) is 7.83. The summed E-state index contributed by atoms with van der Waals surface area (Å²) in [5.41, 5.74) is -1.08. The smallest absolute Gasteiger partial charge is 0.419 e. The lowest BCUT2D eigenvalue weighted by molar-refractivity contribution is -0.140. The molecule has 0 fully saturated rings. The predicted molar refractivity (Wildman–Crippen MR) is 90.9 cm³/mol. The molecule has 0 unspecified atom stereocenters. The lowest BCUT2D eigenvalue weighted by atomic mass is 10.1. The third-order valence-corrected chi connectivity index (χ3v) is 4.01. The second kappa shape index (κ2) is 8.58.